The Bertz CT molecular complexity index is 908. The van der Waals surface area contributed by atoms with E-state index in [0.717, 1.165) is 25.7 Å². The minimum atomic E-state index is -0.858. The van der Waals surface area contributed by atoms with Crippen LogP contribution in [0.25, 0.3) is 0 Å². The van der Waals surface area contributed by atoms with Crippen molar-refractivity contribution in [2.24, 2.45) is 5.92 Å². The second kappa shape index (κ2) is 12.6. The van der Waals surface area contributed by atoms with Crippen LogP contribution in [0.15, 0.2) is 24.3 Å². The van der Waals surface area contributed by atoms with E-state index in [-0.39, 0.29) is 23.8 Å². The van der Waals surface area contributed by atoms with Gasteiger partial charge in [0.2, 0.25) is 11.8 Å². The lowest BCUT2D eigenvalue weighted by Gasteiger charge is -2.34. The minimum Gasteiger partial charge on any atom is -0.444 e. The number of benzene rings is 1. The smallest absolute Gasteiger partial charge is 0.408 e. The molecule has 2 rings (SSSR count). The number of rotatable bonds is 8. The second-order valence-electron chi connectivity index (χ2n) is 10.5. The fourth-order valence-corrected chi connectivity index (χ4v) is 4.30. The molecule has 0 spiro atoms. The Morgan fingerprint density at radius 2 is 1.74 bits per heavy atom. The first-order valence-electron chi connectivity index (χ1n) is 12.6. The molecule has 0 aromatic heterocycles. The van der Waals surface area contributed by atoms with Crippen molar-refractivity contribution in [2.45, 2.75) is 96.9 Å². The van der Waals surface area contributed by atoms with E-state index in [9.17, 15) is 14.4 Å². The summed E-state index contributed by atoms with van der Waals surface area (Å²) >= 11 is 0. The molecule has 7 nitrogen and oxygen atoms in total. The van der Waals surface area contributed by atoms with Crippen molar-refractivity contribution in [3.05, 3.63) is 35.4 Å². The molecule has 3 atom stereocenters. The van der Waals surface area contributed by atoms with Gasteiger partial charge in [-0.05, 0) is 57.2 Å². The predicted octanol–water partition coefficient (Wildman–Crippen LogP) is 4.56. The van der Waals surface area contributed by atoms with Crippen molar-refractivity contribution in [1.29, 1.82) is 0 Å². The normalized spacial score (nSPS) is 16.8. The monoisotopic (exact) mass is 483 g/mol. The number of terminal acetylenes is 1. The number of nitrogens with zero attached hydrogens (tertiary/aromatic N) is 1. The number of nitrogens with one attached hydrogen (secondary N) is 2. The molecule has 1 aliphatic rings. The van der Waals surface area contributed by atoms with Crippen LogP contribution in [0.2, 0.25) is 0 Å². The highest BCUT2D eigenvalue weighted by molar-refractivity contribution is 5.92. The number of amides is 3. The molecule has 7 heteroatoms. The Kier molecular flexibility index (Phi) is 10.2. The number of hydrogen-bond acceptors (Lipinski definition) is 4. The summed E-state index contributed by atoms with van der Waals surface area (Å²) in [5, 5.41) is 5.89. The van der Waals surface area contributed by atoms with Crippen LogP contribution in [0, 0.1) is 18.3 Å². The average molecular weight is 484 g/mol. The van der Waals surface area contributed by atoms with Crippen molar-refractivity contribution < 1.29 is 19.1 Å². The van der Waals surface area contributed by atoms with Gasteiger partial charge in [-0.25, -0.2) is 4.79 Å². The van der Waals surface area contributed by atoms with Crippen LogP contribution in [-0.4, -0.2) is 47.5 Å². The van der Waals surface area contributed by atoms with E-state index >= 15 is 0 Å². The lowest BCUT2D eigenvalue weighted by molar-refractivity contribution is -0.142. The molecule has 3 amide bonds. The van der Waals surface area contributed by atoms with Gasteiger partial charge in [0.05, 0.1) is 0 Å². The fourth-order valence-electron chi connectivity index (χ4n) is 4.30. The van der Waals surface area contributed by atoms with Gasteiger partial charge in [0, 0.05) is 18.7 Å². The molecule has 0 heterocycles. The number of likely N-dealkylation sites (N-methyl/N-ethyl adjacent to an activating group) is 1. The van der Waals surface area contributed by atoms with Crippen LogP contribution in [0.1, 0.15) is 90.3 Å². The summed E-state index contributed by atoms with van der Waals surface area (Å²) in [6, 6.07) is 5.49. The van der Waals surface area contributed by atoms with Crippen LogP contribution < -0.4 is 10.6 Å². The highest BCUT2D eigenvalue weighted by atomic mass is 16.6. The molecule has 1 aromatic rings. The molecule has 2 N–H and O–H groups in total. The lowest BCUT2D eigenvalue weighted by Crippen LogP contribution is -2.54. The zero-order valence-electron chi connectivity index (χ0n) is 22.0. The second-order valence-corrected chi connectivity index (χ2v) is 10.5. The molecule has 0 saturated heterocycles. The van der Waals surface area contributed by atoms with Gasteiger partial charge in [0.25, 0.3) is 0 Å². The van der Waals surface area contributed by atoms with Gasteiger partial charge in [-0.3, -0.25) is 9.59 Å². The van der Waals surface area contributed by atoms with Crippen molar-refractivity contribution in [1.82, 2.24) is 15.5 Å². The van der Waals surface area contributed by atoms with E-state index in [4.69, 9.17) is 11.2 Å². The number of ether oxygens (including phenoxy) is 1. The number of carbonyl (C=O) groups excluding carboxylic acids is 3. The van der Waals surface area contributed by atoms with Gasteiger partial charge in [-0.2, -0.15) is 0 Å². The third kappa shape index (κ3) is 8.31. The molecule has 1 aliphatic carbocycles. The largest absolute Gasteiger partial charge is 0.444 e. The quantitative estimate of drug-likeness (QED) is 0.531. The molecule has 3 unspecified atom stereocenters. The standard InChI is InChI=1S/C28H41N3O4/c1-8-19(3)23(30-27(34)35-28(4,5)6)26(33)31(7)24(21-17-15-20(9-2)16-18-21)25(32)29-22-13-11-10-12-14-22/h2,15-19,22-24H,8,10-14H2,1,3-7H3,(H,29,32)(H,30,34). The van der Waals surface area contributed by atoms with Gasteiger partial charge in [-0.1, -0.05) is 57.6 Å². The maximum Gasteiger partial charge on any atom is 0.408 e. The first kappa shape index (κ1) is 28.2. The Morgan fingerprint density at radius 1 is 1.14 bits per heavy atom. The zero-order valence-corrected chi connectivity index (χ0v) is 22.0. The average Bonchev–Trinajstić information content (AvgIpc) is 2.81. The van der Waals surface area contributed by atoms with E-state index in [2.05, 4.69) is 16.6 Å². The van der Waals surface area contributed by atoms with Crippen molar-refractivity contribution >= 4 is 17.9 Å². The van der Waals surface area contributed by atoms with E-state index in [1.165, 1.54) is 11.3 Å². The highest BCUT2D eigenvalue weighted by Gasteiger charge is 2.36. The summed E-state index contributed by atoms with van der Waals surface area (Å²) in [4.78, 5) is 41.2. The molecule has 1 aromatic carbocycles. The Labute approximate surface area is 210 Å². The molecule has 1 fully saturated rings. The minimum absolute atomic E-state index is 0.0949. The first-order chi connectivity index (χ1) is 16.5. The van der Waals surface area contributed by atoms with Crippen molar-refractivity contribution in [3.8, 4) is 12.3 Å². The van der Waals surface area contributed by atoms with Crippen LogP contribution in [0.3, 0.4) is 0 Å². The number of carbonyl (C=O) groups is 3. The van der Waals surface area contributed by atoms with E-state index in [1.54, 1.807) is 52.1 Å². The Hall–Kier alpha value is -3.01. The van der Waals surface area contributed by atoms with E-state index in [0.29, 0.717) is 17.5 Å². The topological polar surface area (TPSA) is 87.7 Å². The summed E-state index contributed by atoms with van der Waals surface area (Å²) in [6.45, 7) is 9.15. The maximum absolute atomic E-state index is 13.7. The maximum atomic E-state index is 13.7. The van der Waals surface area contributed by atoms with Crippen LogP contribution in [-0.2, 0) is 14.3 Å². The molecular formula is C28H41N3O4. The Balaban J connectivity index is 2.33. The third-order valence-electron chi connectivity index (χ3n) is 6.48. The Morgan fingerprint density at radius 3 is 2.26 bits per heavy atom. The lowest BCUT2D eigenvalue weighted by atomic mass is 9.94. The molecule has 1 saturated carbocycles. The van der Waals surface area contributed by atoms with Crippen molar-refractivity contribution in [3.63, 3.8) is 0 Å². The summed E-state index contributed by atoms with van der Waals surface area (Å²) in [7, 11) is 1.61. The predicted molar refractivity (Wildman–Crippen MR) is 138 cm³/mol. The molecule has 0 radical (unpaired) electrons. The van der Waals surface area contributed by atoms with Gasteiger partial charge in [-0.15, -0.1) is 6.42 Å². The van der Waals surface area contributed by atoms with Crippen LogP contribution >= 0.6 is 0 Å². The zero-order chi connectivity index (χ0) is 26.2. The van der Waals surface area contributed by atoms with Gasteiger partial charge in [0.15, 0.2) is 0 Å². The van der Waals surface area contributed by atoms with Crippen LogP contribution in [0.5, 0.6) is 0 Å². The van der Waals surface area contributed by atoms with E-state index < -0.39 is 23.8 Å². The molecule has 192 valence electrons. The molecular weight excluding hydrogens is 442 g/mol. The van der Waals surface area contributed by atoms with Gasteiger partial charge < -0.3 is 20.3 Å². The van der Waals surface area contributed by atoms with E-state index in [1.807, 2.05) is 13.8 Å². The first-order valence-corrected chi connectivity index (χ1v) is 12.6. The number of hydrogen-bond donors (Lipinski definition) is 2. The molecule has 0 aliphatic heterocycles. The highest BCUT2D eigenvalue weighted by Crippen LogP contribution is 2.25. The summed E-state index contributed by atoms with van der Waals surface area (Å²) in [5.41, 5.74) is 0.659. The molecule has 35 heavy (non-hydrogen) atoms. The fraction of sp³-hybridized carbons (Fsp3) is 0.607. The van der Waals surface area contributed by atoms with Crippen molar-refractivity contribution in [2.75, 3.05) is 7.05 Å². The summed E-state index contributed by atoms with van der Waals surface area (Å²) in [5.74, 6) is 1.83. The third-order valence-corrected chi connectivity index (χ3v) is 6.48. The summed E-state index contributed by atoms with van der Waals surface area (Å²) < 4.78 is 5.39. The number of alkyl carbamates (subject to hydrolysis) is 1. The van der Waals surface area contributed by atoms with Gasteiger partial charge >= 0.3 is 6.09 Å². The SMILES string of the molecule is C#Cc1ccc(C(C(=O)NC2CCCCC2)N(C)C(=O)C(NC(=O)OC(C)(C)C)C(C)CC)cc1. The van der Waals surface area contributed by atoms with Gasteiger partial charge in [0.1, 0.15) is 17.7 Å². The molecule has 0 bridgehead atoms. The summed E-state index contributed by atoms with van der Waals surface area (Å²) in [6.07, 6.45) is 10.7. The van der Waals surface area contributed by atoms with Crippen LogP contribution in [0.4, 0.5) is 4.79 Å².